The standard InChI is InChI=1S/C16H17N3O2/c17-15-4-6-18-9-14(15)11-2-1-3-12(8-11)16(20)19-13-5-7-21-10-13/h1-4,6,8-9,13H,5,7,10H2,(H2,17,18)(H,19,20)/t13-/m0/s1. The van der Waals surface area contributed by atoms with Crippen LogP contribution in [0.1, 0.15) is 16.8 Å². The molecular formula is C16H17N3O2. The van der Waals surface area contributed by atoms with Gasteiger partial charge in [0.15, 0.2) is 0 Å². The van der Waals surface area contributed by atoms with E-state index in [0.717, 1.165) is 17.5 Å². The van der Waals surface area contributed by atoms with Crippen LogP contribution in [0, 0.1) is 0 Å². The predicted octanol–water partition coefficient (Wildman–Crippen LogP) is 1.85. The van der Waals surface area contributed by atoms with Gasteiger partial charge in [-0.2, -0.15) is 0 Å². The number of hydrogen-bond acceptors (Lipinski definition) is 4. The van der Waals surface area contributed by atoms with Gasteiger partial charge < -0.3 is 15.8 Å². The minimum atomic E-state index is -0.0881. The van der Waals surface area contributed by atoms with Crippen molar-refractivity contribution in [3.63, 3.8) is 0 Å². The molecule has 1 atom stereocenters. The fraction of sp³-hybridized carbons (Fsp3) is 0.250. The lowest BCUT2D eigenvalue weighted by Crippen LogP contribution is -2.34. The summed E-state index contributed by atoms with van der Waals surface area (Å²) in [6.45, 7) is 1.29. The van der Waals surface area contributed by atoms with E-state index in [4.69, 9.17) is 10.5 Å². The Bertz CT molecular complexity index is 651. The maximum atomic E-state index is 12.3. The van der Waals surface area contributed by atoms with Gasteiger partial charge in [0.05, 0.1) is 12.6 Å². The maximum Gasteiger partial charge on any atom is 0.251 e. The van der Waals surface area contributed by atoms with Crippen molar-refractivity contribution in [3.05, 3.63) is 48.3 Å². The third-order valence-electron chi connectivity index (χ3n) is 3.56. The SMILES string of the molecule is Nc1ccncc1-c1cccc(C(=O)N[C@H]2CCOC2)c1. The highest BCUT2D eigenvalue weighted by Gasteiger charge is 2.18. The first kappa shape index (κ1) is 13.6. The second-order valence-electron chi connectivity index (χ2n) is 5.08. The zero-order valence-electron chi connectivity index (χ0n) is 11.6. The number of nitrogens with zero attached hydrogens (tertiary/aromatic N) is 1. The van der Waals surface area contributed by atoms with Gasteiger partial charge in [0, 0.05) is 35.8 Å². The lowest BCUT2D eigenvalue weighted by molar-refractivity contribution is 0.0930. The Kier molecular flexibility index (Phi) is 3.83. The minimum Gasteiger partial charge on any atom is -0.398 e. The molecule has 1 saturated heterocycles. The minimum absolute atomic E-state index is 0.0881. The smallest absolute Gasteiger partial charge is 0.251 e. The molecule has 0 saturated carbocycles. The molecule has 1 amide bonds. The first-order chi connectivity index (χ1) is 10.2. The molecule has 1 aromatic carbocycles. The van der Waals surface area contributed by atoms with Crippen molar-refractivity contribution in [1.29, 1.82) is 0 Å². The molecule has 0 spiro atoms. The first-order valence-corrected chi connectivity index (χ1v) is 6.92. The number of aromatic nitrogens is 1. The third-order valence-corrected chi connectivity index (χ3v) is 3.56. The lowest BCUT2D eigenvalue weighted by atomic mass is 10.0. The number of nitrogen functional groups attached to an aromatic ring is 1. The van der Waals surface area contributed by atoms with Gasteiger partial charge in [0.25, 0.3) is 5.91 Å². The molecule has 3 rings (SSSR count). The topological polar surface area (TPSA) is 77.2 Å². The highest BCUT2D eigenvalue weighted by atomic mass is 16.5. The number of carbonyl (C=O) groups is 1. The normalized spacial score (nSPS) is 17.6. The Balaban J connectivity index is 1.83. The van der Waals surface area contributed by atoms with Gasteiger partial charge in [-0.15, -0.1) is 0 Å². The summed E-state index contributed by atoms with van der Waals surface area (Å²) in [5.41, 5.74) is 8.93. The average molecular weight is 283 g/mol. The number of ether oxygens (including phenoxy) is 1. The van der Waals surface area contributed by atoms with E-state index in [1.807, 2.05) is 18.2 Å². The Morgan fingerprint density at radius 2 is 2.29 bits per heavy atom. The number of hydrogen-bond donors (Lipinski definition) is 2. The number of carbonyl (C=O) groups excluding carboxylic acids is 1. The van der Waals surface area contributed by atoms with Crippen molar-refractivity contribution < 1.29 is 9.53 Å². The van der Waals surface area contributed by atoms with Gasteiger partial charge in [-0.1, -0.05) is 12.1 Å². The zero-order chi connectivity index (χ0) is 14.7. The lowest BCUT2D eigenvalue weighted by Gasteiger charge is -2.12. The predicted molar refractivity (Wildman–Crippen MR) is 80.8 cm³/mol. The maximum absolute atomic E-state index is 12.3. The summed E-state index contributed by atoms with van der Waals surface area (Å²) in [6.07, 6.45) is 4.22. The van der Waals surface area contributed by atoms with Crippen LogP contribution in [-0.4, -0.2) is 30.1 Å². The van der Waals surface area contributed by atoms with Crippen LogP contribution in [0.25, 0.3) is 11.1 Å². The quantitative estimate of drug-likeness (QED) is 0.901. The molecule has 0 unspecified atom stereocenters. The number of nitrogens with one attached hydrogen (secondary N) is 1. The van der Waals surface area contributed by atoms with Gasteiger partial charge in [-0.25, -0.2) is 0 Å². The Labute approximate surface area is 123 Å². The van der Waals surface area contributed by atoms with E-state index in [-0.39, 0.29) is 11.9 Å². The molecular weight excluding hydrogens is 266 g/mol. The molecule has 0 bridgehead atoms. The van der Waals surface area contributed by atoms with Crippen molar-refractivity contribution in [3.8, 4) is 11.1 Å². The summed E-state index contributed by atoms with van der Waals surface area (Å²) in [4.78, 5) is 16.3. The fourth-order valence-electron chi connectivity index (χ4n) is 2.39. The van der Waals surface area contributed by atoms with Crippen LogP contribution in [0.5, 0.6) is 0 Å². The molecule has 5 heteroatoms. The van der Waals surface area contributed by atoms with Gasteiger partial charge in [-0.05, 0) is 30.2 Å². The van der Waals surface area contributed by atoms with E-state index in [1.54, 1.807) is 24.5 Å². The van der Waals surface area contributed by atoms with Crippen molar-refractivity contribution in [2.75, 3.05) is 18.9 Å². The second-order valence-corrected chi connectivity index (χ2v) is 5.08. The van der Waals surface area contributed by atoms with Crippen LogP contribution in [0.4, 0.5) is 5.69 Å². The molecule has 1 aliphatic rings. The largest absolute Gasteiger partial charge is 0.398 e. The van der Waals surface area contributed by atoms with Crippen LogP contribution >= 0.6 is 0 Å². The van der Waals surface area contributed by atoms with Crippen LogP contribution in [0.2, 0.25) is 0 Å². The summed E-state index contributed by atoms with van der Waals surface area (Å²) in [5.74, 6) is -0.0881. The molecule has 2 heterocycles. The van der Waals surface area contributed by atoms with E-state index in [2.05, 4.69) is 10.3 Å². The molecule has 1 fully saturated rings. The van der Waals surface area contributed by atoms with Gasteiger partial charge in [0.2, 0.25) is 0 Å². The summed E-state index contributed by atoms with van der Waals surface area (Å²) in [7, 11) is 0. The fourth-order valence-corrected chi connectivity index (χ4v) is 2.39. The van der Waals surface area contributed by atoms with Crippen molar-refractivity contribution in [1.82, 2.24) is 10.3 Å². The summed E-state index contributed by atoms with van der Waals surface area (Å²) >= 11 is 0. The molecule has 21 heavy (non-hydrogen) atoms. The monoisotopic (exact) mass is 283 g/mol. The Morgan fingerprint density at radius 1 is 1.38 bits per heavy atom. The molecule has 108 valence electrons. The van der Waals surface area contributed by atoms with Crippen LogP contribution in [0.15, 0.2) is 42.7 Å². The number of nitrogens with two attached hydrogens (primary N) is 1. The molecule has 0 radical (unpaired) electrons. The summed E-state index contributed by atoms with van der Waals surface area (Å²) in [6, 6.07) is 9.24. The van der Waals surface area contributed by atoms with Crippen molar-refractivity contribution >= 4 is 11.6 Å². The molecule has 3 N–H and O–H groups in total. The molecule has 5 nitrogen and oxygen atoms in total. The van der Waals surface area contributed by atoms with Gasteiger partial charge in [-0.3, -0.25) is 9.78 Å². The zero-order valence-corrected chi connectivity index (χ0v) is 11.6. The number of benzene rings is 1. The molecule has 1 aromatic heterocycles. The molecule has 2 aromatic rings. The van der Waals surface area contributed by atoms with Crippen LogP contribution in [0.3, 0.4) is 0 Å². The average Bonchev–Trinajstić information content (AvgIpc) is 3.01. The van der Waals surface area contributed by atoms with Crippen molar-refractivity contribution in [2.24, 2.45) is 0 Å². The summed E-state index contributed by atoms with van der Waals surface area (Å²) in [5, 5.41) is 2.98. The third kappa shape index (κ3) is 3.03. The summed E-state index contributed by atoms with van der Waals surface area (Å²) < 4.78 is 5.26. The van der Waals surface area contributed by atoms with E-state index in [9.17, 15) is 4.79 Å². The highest BCUT2D eigenvalue weighted by Crippen LogP contribution is 2.25. The molecule has 1 aliphatic heterocycles. The molecule has 0 aliphatic carbocycles. The van der Waals surface area contributed by atoms with Crippen LogP contribution in [-0.2, 0) is 4.74 Å². The Morgan fingerprint density at radius 3 is 3.05 bits per heavy atom. The Hall–Kier alpha value is -2.40. The number of anilines is 1. The van der Waals surface area contributed by atoms with E-state index >= 15 is 0 Å². The number of amides is 1. The van der Waals surface area contributed by atoms with E-state index in [1.165, 1.54) is 0 Å². The van der Waals surface area contributed by atoms with Crippen LogP contribution < -0.4 is 11.1 Å². The number of rotatable bonds is 3. The highest BCUT2D eigenvalue weighted by molar-refractivity contribution is 5.96. The van der Waals surface area contributed by atoms with Crippen molar-refractivity contribution in [2.45, 2.75) is 12.5 Å². The second kappa shape index (κ2) is 5.93. The van der Waals surface area contributed by atoms with E-state index in [0.29, 0.717) is 24.5 Å². The van der Waals surface area contributed by atoms with Gasteiger partial charge in [0.1, 0.15) is 0 Å². The number of pyridine rings is 1. The van der Waals surface area contributed by atoms with E-state index < -0.39 is 0 Å². The first-order valence-electron chi connectivity index (χ1n) is 6.92. The van der Waals surface area contributed by atoms with Gasteiger partial charge >= 0.3 is 0 Å².